The Morgan fingerprint density at radius 3 is 1.13 bits per heavy atom. The van der Waals surface area contributed by atoms with Crippen LogP contribution in [-0.2, 0) is 0 Å². The van der Waals surface area contributed by atoms with Gasteiger partial charge in [0.2, 0.25) is 0 Å². The lowest BCUT2D eigenvalue weighted by Crippen LogP contribution is -2.59. The standard InChI is InChI=1S/C29H48O2/c1-24(2,3)20-15-13-16-21(25(4,5)6)28(20,30)19-29(31)22(26(7,8)9)17-14-18-23(29)27(10,11)12/h13-18,20,22,30-31H,19H2,1-12H3/t20-,22-,28-,29-/m1/s1. The SMILES string of the molecule is CC(C)(C)C1=CC=C[C@H](C(C)(C)C)[C@]1(O)C[C@]1(O)C(C(C)(C)C)=CC=C[C@@H]1C(C)(C)C. The molecule has 2 nitrogen and oxygen atoms in total. The minimum Gasteiger partial charge on any atom is -0.385 e. The highest BCUT2D eigenvalue weighted by Crippen LogP contribution is 2.56. The predicted molar refractivity (Wildman–Crippen MR) is 134 cm³/mol. The molecule has 0 unspecified atom stereocenters. The molecule has 0 saturated heterocycles. The van der Waals surface area contributed by atoms with E-state index in [1.807, 2.05) is 0 Å². The van der Waals surface area contributed by atoms with E-state index in [-0.39, 0.29) is 39.9 Å². The molecular weight excluding hydrogens is 380 g/mol. The quantitative estimate of drug-likeness (QED) is 0.486. The van der Waals surface area contributed by atoms with Crippen LogP contribution in [0, 0.1) is 33.5 Å². The molecule has 0 bridgehead atoms. The maximum absolute atomic E-state index is 12.6. The van der Waals surface area contributed by atoms with Crippen molar-refractivity contribution in [3.05, 3.63) is 47.6 Å². The van der Waals surface area contributed by atoms with Crippen LogP contribution in [0.4, 0.5) is 0 Å². The fraction of sp³-hybridized carbons (Fsp3) is 0.724. The average Bonchev–Trinajstić information content (AvgIpc) is 2.49. The van der Waals surface area contributed by atoms with Gasteiger partial charge in [-0.3, -0.25) is 0 Å². The summed E-state index contributed by atoms with van der Waals surface area (Å²) in [6.07, 6.45) is 12.9. The molecule has 0 aromatic carbocycles. The highest BCUT2D eigenvalue weighted by molar-refractivity contribution is 5.41. The third-order valence-corrected chi connectivity index (χ3v) is 7.12. The molecule has 0 aromatic heterocycles. The van der Waals surface area contributed by atoms with Gasteiger partial charge in [-0.15, -0.1) is 0 Å². The summed E-state index contributed by atoms with van der Waals surface area (Å²) in [6.45, 7) is 26.1. The summed E-state index contributed by atoms with van der Waals surface area (Å²) in [5.41, 5.74) is -1.03. The fourth-order valence-corrected chi connectivity index (χ4v) is 6.10. The van der Waals surface area contributed by atoms with Crippen molar-refractivity contribution in [2.45, 2.75) is 101 Å². The van der Waals surface area contributed by atoms with Crippen molar-refractivity contribution in [1.82, 2.24) is 0 Å². The van der Waals surface area contributed by atoms with Crippen molar-refractivity contribution >= 4 is 0 Å². The number of hydrogen-bond donors (Lipinski definition) is 2. The number of allylic oxidation sites excluding steroid dienone is 4. The molecule has 4 atom stereocenters. The van der Waals surface area contributed by atoms with Gasteiger partial charge in [0, 0.05) is 18.3 Å². The molecule has 2 N–H and O–H groups in total. The van der Waals surface area contributed by atoms with Gasteiger partial charge in [0.05, 0.1) is 11.2 Å². The van der Waals surface area contributed by atoms with Gasteiger partial charge in [0.15, 0.2) is 0 Å². The van der Waals surface area contributed by atoms with Crippen molar-refractivity contribution in [3.63, 3.8) is 0 Å². The third-order valence-electron chi connectivity index (χ3n) is 7.12. The highest BCUT2D eigenvalue weighted by atomic mass is 16.3. The zero-order valence-corrected chi connectivity index (χ0v) is 22.2. The van der Waals surface area contributed by atoms with E-state index in [4.69, 9.17) is 0 Å². The highest BCUT2D eigenvalue weighted by Gasteiger charge is 2.57. The molecule has 31 heavy (non-hydrogen) atoms. The summed E-state index contributed by atoms with van der Waals surface area (Å²) in [5.74, 6) is -0.202. The van der Waals surface area contributed by atoms with Crippen molar-refractivity contribution < 1.29 is 10.2 Å². The Bertz CT molecular complexity index is 728. The number of aliphatic hydroxyl groups is 2. The van der Waals surface area contributed by atoms with Crippen LogP contribution in [-0.4, -0.2) is 21.4 Å². The summed E-state index contributed by atoms with van der Waals surface area (Å²) in [4.78, 5) is 0. The van der Waals surface area contributed by atoms with Gasteiger partial charge in [-0.1, -0.05) is 120 Å². The van der Waals surface area contributed by atoms with Crippen molar-refractivity contribution in [1.29, 1.82) is 0 Å². The molecule has 0 amide bonds. The van der Waals surface area contributed by atoms with Gasteiger partial charge in [-0.05, 0) is 32.8 Å². The van der Waals surface area contributed by atoms with Crippen LogP contribution in [0.1, 0.15) is 89.5 Å². The molecule has 2 rings (SSSR count). The summed E-state index contributed by atoms with van der Waals surface area (Å²) in [5, 5.41) is 25.2. The normalized spacial score (nSPS) is 32.7. The molecule has 0 spiro atoms. The maximum Gasteiger partial charge on any atom is 0.0963 e. The second-order valence-electron chi connectivity index (χ2n) is 14.1. The maximum atomic E-state index is 12.6. The summed E-state index contributed by atoms with van der Waals surface area (Å²) >= 11 is 0. The van der Waals surface area contributed by atoms with Crippen LogP contribution < -0.4 is 0 Å². The first-order valence-electron chi connectivity index (χ1n) is 11.9. The molecule has 2 heteroatoms. The summed E-state index contributed by atoms with van der Waals surface area (Å²) in [7, 11) is 0. The van der Waals surface area contributed by atoms with E-state index in [2.05, 4.69) is 120 Å². The summed E-state index contributed by atoms with van der Waals surface area (Å²) < 4.78 is 0. The van der Waals surface area contributed by atoms with Crippen molar-refractivity contribution in [3.8, 4) is 0 Å². The second kappa shape index (κ2) is 7.73. The first-order chi connectivity index (χ1) is 13.6. The molecular formula is C29H48O2. The fourth-order valence-electron chi connectivity index (χ4n) is 6.10. The minimum absolute atomic E-state index is 0.101. The lowest BCUT2D eigenvalue weighted by Gasteiger charge is -2.56. The molecule has 2 aliphatic rings. The van der Waals surface area contributed by atoms with E-state index in [0.717, 1.165) is 11.1 Å². The van der Waals surface area contributed by atoms with Gasteiger partial charge < -0.3 is 10.2 Å². The van der Waals surface area contributed by atoms with Crippen LogP contribution in [0.5, 0.6) is 0 Å². The van der Waals surface area contributed by atoms with Crippen LogP contribution in [0.2, 0.25) is 0 Å². The average molecular weight is 429 g/mol. The molecule has 0 fully saturated rings. The van der Waals surface area contributed by atoms with E-state index >= 15 is 0 Å². The zero-order chi connectivity index (χ0) is 24.3. The Labute approximate surface area is 192 Å². The lowest BCUT2D eigenvalue weighted by molar-refractivity contribution is -0.112. The van der Waals surface area contributed by atoms with Crippen LogP contribution in [0.3, 0.4) is 0 Å². The molecule has 0 aliphatic heterocycles. The van der Waals surface area contributed by atoms with Crippen LogP contribution >= 0.6 is 0 Å². The molecule has 0 saturated carbocycles. The Balaban J connectivity index is 2.77. The molecule has 0 aromatic rings. The van der Waals surface area contributed by atoms with Crippen LogP contribution in [0.15, 0.2) is 47.6 Å². The van der Waals surface area contributed by atoms with Crippen molar-refractivity contribution in [2.24, 2.45) is 33.5 Å². The Hall–Kier alpha value is -1.12. The van der Waals surface area contributed by atoms with Crippen molar-refractivity contribution in [2.75, 3.05) is 0 Å². The monoisotopic (exact) mass is 428 g/mol. The van der Waals surface area contributed by atoms with Gasteiger partial charge in [0.25, 0.3) is 0 Å². The van der Waals surface area contributed by atoms with Gasteiger partial charge in [-0.2, -0.15) is 0 Å². The van der Waals surface area contributed by atoms with Gasteiger partial charge in [0.1, 0.15) is 0 Å². The van der Waals surface area contributed by atoms with Gasteiger partial charge >= 0.3 is 0 Å². The molecule has 0 heterocycles. The lowest BCUT2D eigenvalue weighted by atomic mass is 9.53. The smallest absolute Gasteiger partial charge is 0.0963 e. The largest absolute Gasteiger partial charge is 0.385 e. The Morgan fingerprint density at radius 2 is 0.903 bits per heavy atom. The summed E-state index contributed by atoms with van der Waals surface area (Å²) in [6, 6.07) is 0. The first-order valence-corrected chi connectivity index (χ1v) is 11.9. The molecule has 2 aliphatic carbocycles. The van der Waals surface area contributed by atoms with Crippen LogP contribution in [0.25, 0.3) is 0 Å². The Morgan fingerprint density at radius 1 is 0.613 bits per heavy atom. The number of hydrogen-bond acceptors (Lipinski definition) is 2. The third kappa shape index (κ3) is 4.96. The Kier molecular flexibility index (Phi) is 6.52. The molecule has 176 valence electrons. The second-order valence-corrected chi connectivity index (χ2v) is 14.1. The number of rotatable bonds is 2. The van der Waals surface area contributed by atoms with E-state index in [1.54, 1.807) is 0 Å². The van der Waals surface area contributed by atoms with E-state index in [9.17, 15) is 10.2 Å². The topological polar surface area (TPSA) is 40.5 Å². The predicted octanol–water partition coefficient (Wildman–Crippen LogP) is 7.25. The molecule has 0 radical (unpaired) electrons. The van der Waals surface area contributed by atoms with E-state index in [1.165, 1.54) is 0 Å². The zero-order valence-electron chi connectivity index (χ0n) is 22.2. The van der Waals surface area contributed by atoms with E-state index in [0.29, 0.717) is 0 Å². The minimum atomic E-state index is -1.15. The van der Waals surface area contributed by atoms with E-state index < -0.39 is 11.2 Å². The van der Waals surface area contributed by atoms with Gasteiger partial charge in [-0.25, -0.2) is 0 Å². The first kappa shape index (κ1) is 26.1.